The molecule has 0 fully saturated rings. The van der Waals surface area contributed by atoms with Crippen LogP contribution >= 0.6 is 11.8 Å². The lowest BCUT2D eigenvalue weighted by molar-refractivity contribution is -0.119. The monoisotopic (exact) mass is 289 g/mol. The van der Waals surface area contributed by atoms with Gasteiger partial charge < -0.3 is 5.32 Å². The number of aryl methyl sites for hydroxylation is 1. The highest BCUT2D eigenvalue weighted by Gasteiger charge is 2.10. The predicted octanol–water partition coefficient (Wildman–Crippen LogP) is 2.95. The van der Waals surface area contributed by atoms with Crippen LogP contribution in [0.1, 0.15) is 26.0 Å². The summed E-state index contributed by atoms with van der Waals surface area (Å²) in [5.74, 6) is 0.414. The molecule has 1 unspecified atom stereocenters. The van der Waals surface area contributed by atoms with E-state index in [9.17, 15) is 4.79 Å². The maximum Gasteiger partial charge on any atom is 0.230 e. The number of rotatable bonds is 5. The van der Waals surface area contributed by atoms with Crippen molar-refractivity contribution in [3.05, 3.63) is 30.0 Å². The molecule has 0 radical (unpaired) electrons. The number of hydrogen-bond donors (Lipinski definition) is 1. The summed E-state index contributed by atoms with van der Waals surface area (Å²) >= 11 is 1.44. The maximum absolute atomic E-state index is 11.8. The van der Waals surface area contributed by atoms with Crippen LogP contribution in [-0.2, 0) is 4.79 Å². The molecule has 1 aromatic heterocycles. The standard InChI is InChI=1S/C15H19N3OS/c1-4-10(2)16-14(19)9-20-15-11(3)17-12-7-5-6-8-13(12)18-15/h5-8,10H,4,9H2,1-3H3,(H,16,19). The molecule has 2 aromatic rings. The van der Waals surface area contributed by atoms with Crippen LogP contribution < -0.4 is 5.32 Å². The molecule has 0 bridgehead atoms. The maximum atomic E-state index is 11.8. The topological polar surface area (TPSA) is 54.9 Å². The molecule has 1 aromatic carbocycles. The minimum absolute atomic E-state index is 0.0405. The first-order valence-electron chi connectivity index (χ1n) is 6.75. The van der Waals surface area contributed by atoms with Gasteiger partial charge >= 0.3 is 0 Å². The molecule has 1 N–H and O–H groups in total. The average Bonchev–Trinajstić information content (AvgIpc) is 2.44. The van der Waals surface area contributed by atoms with E-state index in [4.69, 9.17) is 0 Å². The fourth-order valence-electron chi connectivity index (χ4n) is 1.76. The van der Waals surface area contributed by atoms with Crippen molar-refractivity contribution in [2.75, 3.05) is 5.75 Å². The normalized spacial score (nSPS) is 12.3. The number of nitrogens with zero attached hydrogens (tertiary/aromatic N) is 2. The van der Waals surface area contributed by atoms with E-state index in [-0.39, 0.29) is 11.9 Å². The molecule has 2 rings (SSSR count). The number of carbonyl (C=O) groups excluding carboxylic acids is 1. The number of nitrogens with one attached hydrogen (secondary N) is 1. The molecule has 1 amide bonds. The molecule has 4 nitrogen and oxygen atoms in total. The van der Waals surface area contributed by atoms with E-state index < -0.39 is 0 Å². The van der Waals surface area contributed by atoms with Gasteiger partial charge in [-0.05, 0) is 32.4 Å². The Morgan fingerprint density at radius 3 is 2.60 bits per heavy atom. The Balaban J connectivity index is 2.06. The first kappa shape index (κ1) is 14.8. The number of thioether (sulfide) groups is 1. The summed E-state index contributed by atoms with van der Waals surface area (Å²) in [5, 5.41) is 3.77. The number of fused-ring (bicyclic) bond motifs is 1. The van der Waals surface area contributed by atoms with Gasteiger partial charge in [-0.25, -0.2) is 9.97 Å². The van der Waals surface area contributed by atoms with Crippen molar-refractivity contribution in [2.24, 2.45) is 0 Å². The van der Waals surface area contributed by atoms with Crippen LogP contribution in [0.5, 0.6) is 0 Å². The largest absolute Gasteiger partial charge is 0.353 e. The van der Waals surface area contributed by atoms with E-state index in [2.05, 4.69) is 22.2 Å². The van der Waals surface area contributed by atoms with E-state index in [1.54, 1.807) is 0 Å². The third kappa shape index (κ3) is 3.70. The highest BCUT2D eigenvalue weighted by atomic mass is 32.2. The first-order chi connectivity index (χ1) is 9.60. The Bertz CT molecular complexity index is 615. The summed E-state index contributed by atoms with van der Waals surface area (Å²) in [7, 11) is 0. The summed E-state index contributed by atoms with van der Waals surface area (Å²) in [6.07, 6.45) is 0.936. The van der Waals surface area contributed by atoms with E-state index >= 15 is 0 Å². The fourth-order valence-corrected chi connectivity index (χ4v) is 2.53. The summed E-state index contributed by atoms with van der Waals surface area (Å²) in [6, 6.07) is 7.98. The van der Waals surface area contributed by atoms with Crippen LogP contribution in [0, 0.1) is 6.92 Å². The first-order valence-corrected chi connectivity index (χ1v) is 7.74. The average molecular weight is 289 g/mol. The minimum Gasteiger partial charge on any atom is -0.353 e. The highest BCUT2D eigenvalue weighted by molar-refractivity contribution is 7.99. The number of para-hydroxylation sites is 2. The van der Waals surface area contributed by atoms with Crippen LogP contribution in [0.3, 0.4) is 0 Å². The number of amides is 1. The van der Waals surface area contributed by atoms with E-state index in [1.165, 1.54) is 11.8 Å². The Labute approximate surface area is 123 Å². The van der Waals surface area contributed by atoms with Crippen molar-refractivity contribution < 1.29 is 4.79 Å². The molecular formula is C15H19N3OS. The van der Waals surface area contributed by atoms with Gasteiger partial charge in [0.15, 0.2) is 0 Å². The minimum atomic E-state index is 0.0405. The van der Waals surface area contributed by atoms with Crippen molar-refractivity contribution in [1.82, 2.24) is 15.3 Å². The summed E-state index contributed by atoms with van der Waals surface area (Å²) in [5.41, 5.74) is 2.62. The SMILES string of the molecule is CCC(C)NC(=O)CSc1nc2ccccc2nc1C. The number of aromatic nitrogens is 2. The van der Waals surface area contributed by atoms with Crippen molar-refractivity contribution >= 4 is 28.7 Å². The van der Waals surface area contributed by atoms with Crippen molar-refractivity contribution in [1.29, 1.82) is 0 Å². The molecule has 1 atom stereocenters. The predicted molar refractivity (Wildman–Crippen MR) is 82.9 cm³/mol. The fraction of sp³-hybridized carbons (Fsp3) is 0.400. The Hall–Kier alpha value is -1.62. The second-order valence-corrected chi connectivity index (χ2v) is 5.73. The smallest absolute Gasteiger partial charge is 0.230 e. The number of benzene rings is 1. The lowest BCUT2D eigenvalue weighted by Gasteiger charge is -2.11. The molecule has 0 saturated carbocycles. The van der Waals surface area contributed by atoms with E-state index in [0.29, 0.717) is 5.75 Å². The van der Waals surface area contributed by atoms with Crippen LogP contribution in [0.2, 0.25) is 0 Å². The van der Waals surface area contributed by atoms with Gasteiger partial charge in [0.05, 0.1) is 22.5 Å². The van der Waals surface area contributed by atoms with Gasteiger partial charge in [0, 0.05) is 6.04 Å². The quantitative estimate of drug-likeness (QED) is 0.860. The molecule has 0 saturated heterocycles. The summed E-state index contributed by atoms with van der Waals surface area (Å²) < 4.78 is 0. The van der Waals surface area contributed by atoms with Gasteiger partial charge in [0.1, 0.15) is 5.03 Å². The molecule has 1 heterocycles. The third-order valence-electron chi connectivity index (χ3n) is 3.06. The zero-order chi connectivity index (χ0) is 14.5. The van der Waals surface area contributed by atoms with Gasteiger partial charge in [0.25, 0.3) is 0 Å². The second kappa shape index (κ2) is 6.70. The lowest BCUT2D eigenvalue weighted by Crippen LogP contribution is -2.33. The van der Waals surface area contributed by atoms with Gasteiger partial charge in [-0.2, -0.15) is 0 Å². The molecule has 5 heteroatoms. The van der Waals surface area contributed by atoms with Gasteiger partial charge in [0.2, 0.25) is 5.91 Å². The zero-order valence-corrected chi connectivity index (χ0v) is 12.8. The van der Waals surface area contributed by atoms with Gasteiger partial charge in [-0.3, -0.25) is 4.79 Å². The van der Waals surface area contributed by atoms with Gasteiger partial charge in [-0.1, -0.05) is 30.8 Å². The Morgan fingerprint density at radius 2 is 1.95 bits per heavy atom. The van der Waals surface area contributed by atoms with E-state index in [0.717, 1.165) is 28.2 Å². The number of carbonyl (C=O) groups is 1. The number of hydrogen-bond acceptors (Lipinski definition) is 4. The van der Waals surface area contributed by atoms with Crippen LogP contribution in [-0.4, -0.2) is 27.7 Å². The second-order valence-electron chi connectivity index (χ2n) is 4.77. The van der Waals surface area contributed by atoms with E-state index in [1.807, 2.05) is 38.1 Å². The van der Waals surface area contributed by atoms with Crippen LogP contribution in [0.15, 0.2) is 29.3 Å². The zero-order valence-electron chi connectivity index (χ0n) is 12.0. The van der Waals surface area contributed by atoms with Crippen molar-refractivity contribution in [3.63, 3.8) is 0 Å². The van der Waals surface area contributed by atoms with Crippen LogP contribution in [0.25, 0.3) is 11.0 Å². The Kier molecular flexibility index (Phi) is 4.95. The molecule has 20 heavy (non-hydrogen) atoms. The summed E-state index contributed by atoms with van der Waals surface area (Å²) in [6.45, 7) is 5.98. The lowest BCUT2D eigenvalue weighted by atomic mass is 10.3. The molecule has 106 valence electrons. The molecule has 0 aliphatic heterocycles. The molecule has 0 aliphatic rings. The van der Waals surface area contributed by atoms with Crippen molar-refractivity contribution in [3.8, 4) is 0 Å². The van der Waals surface area contributed by atoms with Crippen molar-refractivity contribution in [2.45, 2.75) is 38.3 Å². The van der Waals surface area contributed by atoms with Crippen LogP contribution in [0.4, 0.5) is 0 Å². The molecular weight excluding hydrogens is 270 g/mol. The summed E-state index contributed by atoms with van der Waals surface area (Å²) in [4.78, 5) is 20.9. The molecule has 0 aliphatic carbocycles. The Morgan fingerprint density at radius 1 is 1.30 bits per heavy atom. The highest BCUT2D eigenvalue weighted by Crippen LogP contribution is 2.21. The van der Waals surface area contributed by atoms with Gasteiger partial charge in [-0.15, -0.1) is 0 Å². The third-order valence-corrected chi connectivity index (χ3v) is 4.13. The molecule has 0 spiro atoms.